The van der Waals surface area contributed by atoms with Gasteiger partial charge >= 0.3 is 0 Å². The van der Waals surface area contributed by atoms with Gasteiger partial charge in [-0.3, -0.25) is 4.79 Å². The summed E-state index contributed by atoms with van der Waals surface area (Å²) >= 11 is 3.34. The van der Waals surface area contributed by atoms with Crippen molar-refractivity contribution in [2.75, 3.05) is 6.61 Å². The molecule has 0 spiro atoms. The van der Waals surface area contributed by atoms with Crippen molar-refractivity contribution < 1.29 is 19.1 Å². The van der Waals surface area contributed by atoms with E-state index in [2.05, 4.69) is 56.4 Å². The minimum Gasteiger partial charge on any atom is -0.413 e. The molecule has 0 amide bonds. The third kappa shape index (κ3) is 2.80. The molecule has 1 N–H and O–H groups in total. The third-order valence-electron chi connectivity index (χ3n) is 5.09. The molecule has 1 fully saturated rings. The highest BCUT2D eigenvalue weighted by Gasteiger charge is 2.68. The molecule has 3 atom stereocenters. The molecule has 0 saturated carbocycles. The smallest absolute Gasteiger partial charge is 0.204 e. The largest absolute Gasteiger partial charge is 0.413 e. The zero-order valence-electron chi connectivity index (χ0n) is 13.9. The van der Waals surface area contributed by atoms with Crippen LogP contribution in [0.3, 0.4) is 0 Å². The lowest BCUT2D eigenvalue weighted by atomic mass is 9.84. The van der Waals surface area contributed by atoms with Gasteiger partial charge in [-0.25, -0.2) is 0 Å². The summed E-state index contributed by atoms with van der Waals surface area (Å²) in [5, 5.41) is 10.6. The second-order valence-corrected chi connectivity index (χ2v) is 13.2. The standard InChI is InChI=1S/C16H25BrO4Si/c1-7-8-16-13(19)11(17)10(12(18)14(16)21-16)9-20-22(5,6)15(2,3)4/h7,12,14,18H,1,8-9H2,2-6H3/t12-,14-,16+/m1/s1. The molecule has 22 heavy (non-hydrogen) atoms. The first kappa shape index (κ1) is 18.1. The summed E-state index contributed by atoms with van der Waals surface area (Å²) in [7, 11) is -1.95. The molecule has 0 aromatic rings. The predicted octanol–water partition coefficient (Wildman–Crippen LogP) is 3.31. The maximum Gasteiger partial charge on any atom is 0.204 e. The minimum absolute atomic E-state index is 0.0757. The Morgan fingerprint density at radius 1 is 1.50 bits per heavy atom. The van der Waals surface area contributed by atoms with E-state index in [1.165, 1.54) is 0 Å². The van der Waals surface area contributed by atoms with Crippen LogP contribution in [-0.4, -0.2) is 43.6 Å². The third-order valence-corrected chi connectivity index (χ3v) is 10.4. The molecule has 4 nitrogen and oxygen atoms in total. The van der Waals surface area contributed by atoms with Crippen molar-refractivity contribution in [2.45, 2.75) is 63.1 Å². The Kier molecular flexibility index (Phi) is 4.65. The van der Waals surface area contributed by atoms with E-state index >= 15 is 0 Å². The zero-order chi connectivity index (χ0) is 16.9. The quantitative estimate of drug-likeness (QED) is 0.445. The van der Waals surface area contributed by atoms with Gasteiger partial charge in [0.15, 0.2) is 13.9 Å². The number of fused-ring (bicyclic) bond motifs is 1. The molecule has 2 rings (SSSR count). The molecule has 0 aromatic heterocycles. The Hall–Kier alpha value is -0.273. The van der Waals surface area contributed by atoms with Crippen LogP contribution < -0.4 is 0 Å². The van der Waals surface area contributed by atoms with Gasteiger partial charge in [0.25, 0.3) is 0 Å². The number of carbonyl (C=O) groups excluding carboxylic acids is 1. The van der Waals surface area contributed by atoms with E-state index in [0.717, 1.165) is 0 Å². The highest BCUT2D eigenvalue weighted by atomic mass is 79.9. The van der Waals surface area contributed by atoms with Crippen molar-refractivity contribution in [3.05, 3.63) is 22.7 Å². The molecule has 1 aliphatic carbocycles. The fourth-order valence-corrected chi connectivity index (χ4v) is 4.07. The van der Waals surface area contributed by atoms with Gasteiger partial charge in [0.1, 0.15) is 12.2 Å². The number of halogens is 1. The zero-order valence-corrected chi connectivity index (χ0v) is 16.5. The van der Waals surface area contributed by atoms with Gasteiger partial charge < -0.3 is 14.3 Å². The summed E-state index contributed by atoms with van der Waals surface area (Å²) in [6.07, 6.45) is 0.787. The highest BCUT2D eigenvalue weighted by molar-refractivity contribution is 9.12. The number of epoxide rings is 1. The SMILES string of the molecule is C=CC[C@@]12O[C@@H]1[C@H](O)C(CO[Si](C)(C)C(C)(C)C)=C(Br)C2=O. The number of hydrogen-bond acceptors (Lipinski definition) is 4. The summed E-state index contributed by atoms with van der Waals surface area (Å²) < 4.78 is 12.1. The van der Waals surface area contributed by atoms with E-state index in [1.807, 2.05) is 0 Å². The lowest BCUT2D eigenvalue weighted by Gasteiger charge is -2.37. The topological polar surface area (TPSA) is 59.1 Å². The van der Waals surface area contributed by atoms with Crippen LogP contribution >= 0.6 is 15.9 Å². The molecule has 0 bridgehead atoms. The predicted molar refractivity (Wildman–Crippen MR) is 92.5 cm³/mol. The first-order valence-electron chi connectivity index (χ1n) is 7.52. The fourth-order valence-electron chi connectivity index (χ4n) is 2.43. The first-order chi connectivity index (χ1) is 9.98. The van der Waals surface area contributed by atoms with Crippen molar-refractivity contribution in [2.24, 2.45) is 0 Å². The summed E-state index contributed by atoms with van der Waals surface area (Å²) in [6, 6.07) is 0. The fraction of sp³-hybridized carbons (Fsp3) is 0.688. The molecule has 1 saturated heterocycles. The van der Waals surface area contributed by atoms with Crippen LogP contribution in [0.5, 0.6) is 0 Å². The molecule has 0 unspecified atom stereocenters. The Balaban J connectivity index is 2.19. The molecular weight excluding hydrogens is 364 g/mol. The second kappa shape index (κ2) is 5.67. The van der Waals surface area contributed by atoms with Crippen LogP contribution in [0.1, 0.15) is 27.2 Å². The van der Waals surface area contributed by atoms with Crippen molar-refractivity contribution in [3.8, 4) is 0 Å². The molecular formula is C16H25BrO4Si. The van der Waals surface area contributed by atoms with Crippen LogP contribution in [0.2, 0.25) is 18.1 Å². The van der Waals surface area contributed by atoms with Gasteiger partial charge in [-0.1, -0.05) is 26.8 Å². The number of ketones is 1. The van der Waals surface area contributed by atoms with Crippen LogP contribution in [0.15, 0.2) is 22.7 Å². The summed E-state index contributed by atoms with van der Waals surface area (Å²) in [4.78, 5) is 12.5. The number of carbonyl (C=O) groups is 1. The summed E-state index contributed by atoms with van der Waals surface area (Å²) in [5.41, 5.74) is -0.322. The van der Waals surface area contributed by atoms with Gasteiger partial charge in [0, 0.05) is 12.0 Å². The average Bonchev–Trinajstić information content (AvgIpc) is 3.11. The molecule has 124 valence electrons. The maximum atomic E-state index is 12.5. The Morgan fingerprint density at radius 2 is 2.09 bits per heavy atom. The minimum atomic E-state index is -1.95. The Bertz CT molecular complexity index is 535. The van der Waals surface area contributed by atoms with Gasteiger partial charge in [-0.15, -0.1) is 6.58 Å². The monoisotopic (exact) mass is 388 g/mol. The van der Waals surface area contributed by atoms with Crippen LogP contribution in [0.25, 0.3) is 0 Å². The lowest BCUT2D eigenvalue weighted by molar-refractivity contribution is -0.120. The molecule has 6 heteroatoms. The maximum absolute atomic E-state index is 12.5. The Labute approximate surface area is 141 Å². The summed E-state index contributed by atoms with van der Waals surface area (Å²) in [5.74, 6) is -0.114. The van der Waals surface area contributed by atoms with Crippen molar-refractivity contribution >= 4 is 30.0 Å². The molecule has 0 radical (unpaired) electrons. The Morgan fingerprint density at radius 3 is 2.59 bits per heavy atom. The number of hydrogen-bond donors (Lipinski definition) is 1. The number of aliphatic hydroxyl groups is 1. The van der Waals surface area contributed by atoms with E-state index in [0.29, 0.717) is 16.5 Å². The molecule has 1 aliphatic heterocycles. The number of rotatable bonds is 5. The molecule has 1 heterocycles. The van der Waals surface area contributed by atoms with E-state index in [4.69, 9.17) is 9.16 Å². The number of ether oxygens (including phenoxy) is 1. The normalized spacial score (nSPS) is 32.0. The average molecular weight is 389 g/mol. The van der Waals surface area contributed by atoms with E-state index in [-0.39, 0.29) is 17.4 Å². The molecule has 2 aliphatic rings. The second-order valence-electron chi connectivity index (χ2n) is 7.58. The van der Waals surface area contributed by atoms with Gasteiger partial charge in [-0.2, -0.15) is 0 Å². The van der Waals surface area contributed by atoms with E-state index in [9.17, 15) is 9.90 Å². The van der Waals surface area contributed by atoms with E-state index < -0.39 is 26.1 Å². The van der Waals surface area contributed by atoms with Gasteiger partial charge in [-0.05, 0) is 34.1 Å². The van der Waals surface area contributed by atoms with Crippen LogP contribution in [0, 0.1) is 0 Å². The van der Waals surface area contributed by atoms with Gasteiger partial charge in [0.2, 0.25) is 5.78 Å². The summed E-state index contributed by atoms with van der Waals surface area (Å²) in [6.45, 7) is 14.7. The van der Waals surface area contributed by atoms with Crippen molar-refractivity contribution in [1.82, 2.24) is 0 Å². The van der Waals surface area contributed by atoms with E-state index in [1.54, 1.807) is 6.08 Å². The highest BCUT2D eigenvalue weighted by Crippen LogP contribution is 2.51. The van der Waals surface area contributed by atoms with Crippen LogP contribution in [-0.2, 0) is 14.0 Å². The van der Waals surface area contributed by atoms with Crippen molar-refractivity contribution in [1.29, 1.82) is 0 Å². The van der Waals surface area contributed by atoms with Gasteiger partial charge in [0.05, 0.1) is 11.1 Å². The van der Waals surface area contributed by atoms with Crippen molar-refractivity contribution in [3.63, 3.8) is 0 Å². The van der Waals surface area contributed by atoms with Crippen LogP contribution in [0.4, 0.5) is 0 Å². The number of Topliss-reactive ketones (excluding diaryl/α,β-unsaturated/α-hetero) is 1. The molecule has 0 aromatic carbocycles. The first-order valence-corrected chi connectivity index (χ1v) is 11.2. The lowest BCUT2D eigenvalue weighted by Crippen LogP contribution is -2.44. The number of aliphatic hydroxyl groups excluding tert-OH is 1.